The minimum Gasteiger partial charge on any atom is -0.497 e. The predicted molar refractivity (Wildman–Crippen MR) is 84.5 cm³/mol. The van der Waals surface area contributed by atoms with Crippen LogP contribution in [0.5, 0.6) is 11.5 Å². The second-order valence-corrected chi connectivity index (χ2v) is 6.50. The number of methoxy groups -OCH3 is 2. The first kappa shape index (κ1) is 14.1. The van der Waals surface area contributed by atoms with Crippen LogP contribution in [0.1, 0.15) is 10.4 Å². The van der Waals surface area contributed by atoms with Gasteiger partial charge < -0.3 is 14.8 Å². The number of carbonyl (C=O) groups excluding carboxylic acids is 1. The molecule has 1 N–H and O–H groups in total. The molecule has 2 aromatic rings. The third-order valence-corrected chi connectivity index (χ3v) is 4.23. The molecule has 0 aliphatic heterocycles. The van der Waals surface area contributed by atoms with E-state index in [-0.39, 0.29) is 5.91 Å². The van der Waals surface area contributed by atoms with Gasteiger partial charge in [-0.1, -0.05) is 0 Å². The Morgan fingerprint density at radius 2 is 1.79 bits per heavy atom. The second-order valence-electron chi connectivity index (χ2n) is 3.69. The summed E-state index contributed by atoms with van der Waals surface area (Å²) < 4.78 is 11.4. The van der Waals surface area contributed by atoms with E-state index < -0.39 is 0 Å². The van der Waals surface area contributed by atoms with Crippen LogP contribution in [0.3, 0.4) is 0 Å². The number of rotatable bonds is 4. The van der Waals surface area contributed by atoms with E-state index in [2.05, 4.69) is 27.9 Å². The van der Waals surface area contributed by atoms with E-state index in [0.717, 1.165) is 2.88 Å². The molecule has 0 aliphatic carbocycles. The first-order valence-electron chi connectivity index (χ1n) is 5.41. The zero-order valence-corrected chi connectivity index (χ0v) is 13.4. The van der Waals surface area contributed by atoms with E-state index in [1.165, 1.54) is 11.3 Å². The number of carbonyl (C=O) groups is 1. The van der Waals surface area contributed by atoms with Crippen LogP contribution in [0, 0.1) is 2.88 Å². The van der Waals surface area contributed by atoms with Gasteiger partial charge in [-0.25, -0.2) is 0 Å². The molecule has 0 radical (unpaired) electrons. The summed E-state index contributed by atoms with van der Waals surface area (Å²) in [4.78, 5) is 12.0. The Hall–Kier alpha value is -1.28. The zero-order valence-electron chi connectivity index (χ0n) is 10.4. The number of hydrogen-bond acceptors (Lipinski definition) is 4. The van der Waals surface area contributed by atoms with Crippen molar-refractivity contribution in [3.63, 3.8) is 0 Å². The van der Waals surface area contributed by atoms with Crippen molar-refractivity contribution in [1.82, 2.24) is 0 Å². The molecule has 6 heteroatoms. The average molecular weight is 389 g/mol. The fraction of sp³-hybridized carbons (Fsp3) is 0.154. The van der Waals surface area contributed by atoms with Gasteiger partial charge >= 0.3 is 0 Å². The molecular formula is C13H12INO3S. The van der Waals surface area contributed by atoms with Crippen molar-refractivity contribution in [3.05, 3.63) is 38.1 Å². The van der Waals surface area contributed by atoms with Crippen LogP contribution < -0.4 is 14.8 Å². The third kappa shape index (κ3) is 3.60. The van der Waals surface area contributed by atoms with E-state index >= 15 is 0 Å². The lowest BCUT2D eigenvalue weighted by Gasteiger charge is -2.09. The van der Waals surface area contributed by atoms with Gasteiger partial charge in [0.2, 0.25) is 0 Å². The summed E-state index contributed by atoms with van der Waals surface area (Å²) in [5, 5.41) is 4.65. The van der Waals surface area contributed by atoms with Crippen LogP contribution in [-0.4, -0.2) is 20.1 Å². The molecule has 1 aromatic carbocycles. The summed E-state index contributed by atoms with van der Waals surface area (Å²) in [6, 6.07) is 7.09. The van der Waals surface area contributed by atoms with Crippen LogP contribution in [0.25, 0.3) is 0 Å². The Morgan fingerprint density at radius 1 is 1.16 bits per heavy atom. The second kappa shape index (κ2) is 6.25. The number of thiophene rings is 1. The summed E-state index contributed by atoms with van der Waals surface area (Å²) >= 11 is 3.72. The molecule has 2 rings (SSSR count). The van der Waals surface area contributed by atoms with Crippen molar-refractivity contribution in [3.8, 4) is 11.5 Å². The summed E-state index contributed by atoms with van der Waals surface area (Å²) in [7, 11) is 3.14. The minimum atomic E-state index is -0.144. The normalized spacial score (nSPS) is 10.1. The van der Waals surface area contributed by atoms with E-state index in [1.807, 2.05) is 11.4 Å². The Bertz CT molecular complexity index is 575. The Labute approximate surface area is 128 Å². The molecule has 0 saturated heterocycles. The van der Waals surface area contributed by atoms with Gasteiger partial charge in [0.25, 0.3) is 5.91 Å². The molecule has 0 fully saturated rings. The van der Waals surface area contributed by atoms with Crippen molar-refractivity contribution >= 4 is 45.5 Å². The highest BCUT2D eigenvalue weighted by molar-refractivity contribution is 14.1. The summed E-state index contributed by atoms with van der Waals surface area (Å²) in [6.45, 7) is 0. The maximum Gasteiger partial charge on any atom is 0.256 e. The fourth-order valence-electron chi connectivity index (χ4n) is 1.51. The molecular weight excluding hydrogens is 377 g/mol. The smallest absolute Gasteiger partial charge is 0.256 e. The summed E-state index contributed by atoms with van der Waals surface area (Å²) in [5.41, 5.74) is 1.29. The maximum atomic E-state index is 12.0. The van der Waals surface area contributed by atoms with Gasteiger partial charge in [0, 0.05) is 29.3 Å². The quantitative estimate of drug-likeness (QED) is 0.813. The number of halogens is 1. The molecule has 1 amide bonds. The number of ether oxygens (including phenoxy) is 2. The third-order valence-electron chi connectivity index (χ3n) is 2.44. The van der Waals surface area contributed by atoms with E-state index in [9.17, 15) is 4.79 Å². The van der Waals surface area contributed by atoms with Gasteiger partial charge in [-0.05, 0) is 28.7 Å². The first-order chi connectivity index (χ1) is 9.12. The van der Waals surface area contributed by atoms with Crippen molar-refractivity contribution < 1.29 is 14.3 Å². The van der Waals surface area contributed by atoms with Gasteiger partial charge in [0.1, 0.15) is 11.5 Å². The molecule has 100 valence electrons. The average Bonchev–Trinajstić information content (AvgIpc) is 2.85. The fourth-order valence-corrected chi connectivity index (χ4v) is 2.84. The number of benzene rings is 1. The monoisotopic (exact) mass is 389 g/mol. The van der Waals surface area contributed by atoms with Gasteiger partial charge in [0.05, 0.1) is 22.7 Å². The van der Waals surface area contributed by atoms with Crippen molar-refractivity contribution in [2.45, 2.75) is 0 Å². The topological polar surface area (TPSA) is 47.6 Å². The molecule has 0 unspecified atom stereocenters. The molecule has 0 atom stereocenters. The van der Waals surface area contributed by atoms with Gasteiger partial charge in [-0.15, -0.1) is 11.3 Å². The largest absolute Gasteiger partial charge is 0.497 e. The molecule has 4 nitrogen and oxygen atoms in total. The molecule has 0 aliphatic rings. The van der Waals surface area contributed by atoms with Gasteiger partial charge in [-0.2, -0.15) is 0 Å². The SMILES string of the molecule is COc1cc(NC(=O)c2csc(I)c2)cc(OC)c1. The first-order valence-corrected chi connectivity index (χ1v) is 7.36. The Kier molecular flexibility index (Phi) is 4.65. The number of nitrogens with one attached hydrogen (secondary N) is 1. The van der Waals surface area contributed by atoms with Crippen LogP contribution >= 0.6 is 33.9 Å². The lowest BCUT2D eigenvalue weighted by atomic mass is 10.2. The van der Waals surface area contributed by atoms with Crippen molar-refractivity contribution in [1.29, 1.82) is 0 Å². The van der Waals surface area contributed by atoms with E-state index in [4.69, 9.17) is 9.47 Å². The lowest BCUT2D eigenvalue weighted by molar-refractivity contribution is 0.102. The van der Waals surface area contributed by atoms with Crippen molar-refractivity contribution in [2.24, 2.45) is 0 Å². The lowest BCUT2D eigenvalue weighted by Crippen LogP contribution is -2.11. The Balaban J connectivity index is 2.20. The highest BCUT2D eigenvalue weighted by Crippen LogP contribution is 2.26. The van der Waals surface area contributed by atoms with Crippen LogP contribution in [0.4, 0.5) is 5.69 Å². The Morgan fingerprint density at radius 3 is 2.26 bits per heavy atom. The van der Waals surface area contributed by atoms with Crippen LogP contribution in [-0.2, 0) is 0 Å². The number of anilines is 1. The molecule has 19 heavy (non-hydrogen) atoms. The van der Waals surface area contributed by atoms with Crippen molar-refractivity contribution in [2.75, 3.05) is 19.5 Å². The standard InChI is InChI=1S/C13H12INO3S/c1-17-10-4-9(5-11(6-10)18-2)15-13(16)8-3-12(14)19-7-8/h3-7H,1-2H3,(H,15,16). The molecule has 1 aromatic heterocycles. The van der Waals surface area contributed by atoms with E-state index in [1.54, 1.807) is 32.4 Å². The molecule has 0 bridgehead atoms. The number of amides is 1. The molecule has 1 heterocycles. The zero-order chi connectivity index (χ0) is 13.8. The maximum absolute atomic E-state index is 12.0. The molecule has 0 spiro atoms. The highest BCUT2D eigenvalue weighted by Gasteiger charge is 2.10. The molecule has 0 saturated carbocycles. The summed E-state index contributed by atoms with van der Waals surface area (Å²) in [5.74, 6) is 1.12. The van der Waals surface area contributed by atoms with Crippen LogP contribution in [0.2, 0.25) is 0 Å². The summed E-state index contributed by atoms with van der Waals surface area (Å²) in [6.07, 6.45) is 0. The van der Waals surface area contributed by atoms with Gasteiger partial charge in [-0.3, -0.25) is 4.79 Å². The van der Waals surface area contributed by atoms with Crippen LogP contribution in [0.15, 0.2) is 29.6 Å². The minimum absolute atomic E-state index is 0.144. The van der Waals surface area contributed by atoms with E-state index in [0.29, 0.717) is 22.7 Å². The van der Waals surface area contributed by atoms with Gasteiger partial charge in [0.15, 0.2) is 0 Å². The highest BCUT2D eigenvalue weighted by atomic mass is 127. The predicted octanol–water partition coefficient (Wildman–Crippen LogP) is 3.62. The number of hydrogen-bond donors (Lipinski definition) is 1.